The number of fused-ring (bicyclic) bond motifs is 3. The Morgan fingerprint density at radius 1 is 0.647 bits per heavy atom. The number of hydrogen-bond acceptors (Lipinski definition) is 8. The number of carboxylic acids is 4. The summed E-state index contributed by atoms with van der Waals surface area (Å²) in [6, 6.07) is 8.10. The van der Waals surface area contributed by atoms with E-state index in [9.17, 15) is 29.4 Å². The molecule has 0 aliphatic heterocycles. The second-order valence-electron chi connectivity index (χ2n) is 7.55. The van der Waals surface area contributed by atoms with E-state index in [0.717, 1.165) is 10.8 Å². The third-order valence-corrected chi connectivity index (χ3v) is 5.05. The van der Waals surface area contributed by atoms with Gasteiger partial charge in [0.2, 0.25) is 0 Å². The molecule has 0 radical (unpaired) electrons. The zero-order valence-corrected chi connectivity index (χ0v) is 17.8. The van der Waals surface area contributed by atoms with Crippen LogP contribution < -0.4 is 10.6 Å². The second-order valence-corrected chi connectivity index (χ2v) is 7.55. The zero-order valence-electron chi connectivity index (χ0n) is 17.8. The van der Waals surface area contributed by atoms with Crippen LogP contribution in [0.2, 0.25) is 0 Å². The number of hydrogen-bond donors (Lipinski definition) is 6. The van der Waals surface area contributed by atoms with Crippen molar-refractivity contribution in [1.29, 1.82) is 0 Å². The minimum atomic E-state index is -1.28. The summed E-state index contributed by atoms with van der Waals surface area (Å²) in [6.07, 6.45) is -1.16. The Morgan fingerprint density at radius 2 is 1.00 bits per heavy atom. The molecule has 178 valence electrons. The quantitative estimate of drug-likeness (QED) is 0.204. The van der Waals surface area contributed by atoms with E-state index >= 15 is 0 Å². The Bertz CT molecular complexity index is 1170. The van der Waals surface area contributed by atoms with Crippen LogP contribution in [-0.2, 0) is 32.3 Å². The molecule has 1 aromatic carbocycles. The fourth-order valence-electron chi connectivity index (χ4n) is 3.34. The molecule has 0 spiro atoms. The fourth-order valence-corrected chi connectivity index (χ4v) is 3.34. The lowest BCUT2D eigenvalue weighted by Crippen LogP contribution is -2.38. The standard InChI is InChI=1S/C22H22N4O8/c27-17(28)7-15(21(31)32)23-9-13-5-3-11-1-2-12-4-6-14(26-20(12)19(11)25-13)10-24-16(22(33)34)8-18(29)30/h1-6,15-16,23-24H,7-10H2,(H,27,28)(H,29,30)(H,31,32)(H,33,34)/t15-,16-/m0/s1. The van der Waals surface area contributed by atoms with Crippen LogP contribution in [0.5, 0.6) is 0 Å². The summed E-state index contributed by atoms with van der Waals surface area (Å²) in [6.45, 7) is 0.0423. The number of nitrogens with one attached hydrogen (secondary N) is 2. The molecule has 6 N–H and O–H groups in total. The normalized spacial score (nSPS) is 12.9. The lowest BCUT2D eigenvalue weighted by molar-refractivity contribution is -0.146. The van der Waals surface area contributed by atoms with Gasteiger partial charge in [0.1, 0.15) is 12.1 Å². The number of aliphatic carboxylic acids is 4. The molecular formula is C22H22N4O8. The molecular weight excluding hydrogens is 448 g/mol. The van der Waals surface area contributed by atoms with Gasteiger partial charge in [-0.15, -0.1) is 0 Å². The average molecular weight is 470 g/mol. The van der Waals surface area contributed by atoms with Gasteiger partial charge >= 0.3 is 23.9 Å². The van der Waals surface area contributed by atoms with Crippen LogP contribution in [0.25, 0.3) is 21.8 Å². The summed E-state index contributed by atoms with van der Waals surface area (Å²) in [5, 5.41) is 43.0. The van der Waals surface area contributed by atoms with E-state index in [1.54, 1.807) is 24.3 Å². The van der Waals surface area contributed by atoms with E-state index in [1.807, 2.05) is 12.1 Å². The van der Waals surface area contributed by atoms with Crippen LogP contribution in [0.4, 0.5) is 0 Å². The van der Waals surface area contributed by atoms with Crippen LogP contribution >= 0.6 is 0 Å². The maximum absolute atomic E-state index is 11.3. The van der Waals surface area contributed by atoms with E-state index < -0.39 is 48.8 Å². The van der Waals surface area contributed by atoms with Gasteiger partial charge in [0.25, 0.3) is 0 Å². The summed E-state index contributed by atoms with van der Waals surface area (Å²) in [5.74, 6) is -5.04. The van der Waals surface area contributed by atoms with Gasteiger partial charge in [0.15, 0.2) is 0 Å². The summed E-state index contributed by atoms with van der Waals surface area (Å²) >= 11 is 0. The number of benzene rings is 1. The van der Waals surface area contributed by atoms with Gasteiger partial charge in [-0.3, -0.25) is 29.8 Å². The highest BCUT2D eigenvalue weighted by Gasteiger charge is 2.21. The Hall–Kier alpha value is -4.16. The molecule has 0 amide bonds. The largest absolute Gasteiger partial charge is 0.481 e. The summed E-state index contributed by atoms with van der Waals surface area (Å²) in [7, 11) is 0. The number of nitrogens with zero attached hydrogens (tertiary/aromatic N) is 2. The smallest absolute Gasteiger partial charge is 0.321 e. The molecule has 12 heteroatoms. The fraction of sp³-hybridized carbons (Fsp3) is 0.273. The van der Waals surface area contributed by atoms with Crippen molar-refractivity contribution in [2.75, 3.05) is 0 Å². The van der Waals surface area contributed by atoms with Crippen molar-refractivity contribution in [2.45, 2.75) is 38.0 Å². The molecule has 0 saturated heterocycles. The molecule has 0 bridgehead atoms. The average Bonchev–Trinajstić information content (AvgIpc) is 2.78. The lowest BCUT2D eigenvalue weighted by atomic mass is 10.1. The minimum Gasteiger partial charge on any atom is -0.481 e. The molecule has 0 fully saturated rings. The molecule has 0 aliphatic rings. The van der Waals surface area contributed by atoms with E-state index in [4.69, 9.17) is 10.2 Å². The van der Waals surface area contributed by atoms with Crippen LogP contribution in [0.15, 0.2) is 36.4 Å². The highest BCUT2D eigenvalue weighted by molar-refractivity contribution is 6.02. The van der Waals surface area contributed by atoms with Crippen molar-refractivity contribution >= 4 is 45.7 Å². The first-order valence-corrected chi connectivity index (χ1v) is 10.2. The van der Waals surface area contributed by atoms with Gasteiger partial charge in [-0.25, -0.2) is 9.97 Å². The number of rotatable bonds is 12. The van der Waals surface area contributed by atoms with Crippen molar-refractivity contribution in [3.63, 3.8) is 0 Å². The van der Waals surface area contributed by atoms with E-state index in [2.05, 4.69) is 20.6 Å². The van der Waals surface area contributed by atoms with Gasteiger partial charge in [-0.2, -0.15) is 0 Å². The molecule has 2 atom stereocenters. The number of carbonyl (C=O) groups is 4. The Labute approximate surface area is 192 Å². The maximum Gasteiger partial charge on any atom is 0.321 e. The summed E-state index contributed by atoms with van der Waals surface area (Å²) < 4.78 is 0. The SMILES string of the molecule is O=C(O)C[C@H](NCc1ccc2ccc3ccc(CN[C@@H](CC(=O)O)C(=O)O)nc3c2n1)C(=O)O. The zero-order chi connectivity index (χ0) is 24.8. The van der Waals surface area contributed by atoms with E-state index in [-0.39, 0.29) is 13.1 Å². The van der Waals surface area contributed by atoms with E-state index in [0.29, 0.717) is 22.4 Å². The predicted octanol–water partition coefficient (Wildman–Crippen LogP) is 0.818. The Kier molecular flexibility index (Phi) is 7.66. The maximum atomic E-state index is 11.3. The molecule has 3 aromatic rings. The molecule has 0 aliphatic carbocycles. The highest BCUT2D eigenvalue weighted by atomic mass is 16.4. The van der Waals surface area contributed by atoms with Crippen molar-refractivity contribution in [1.82, 2.24) is 20.6 Å². The molecule has 12 nitrogen and oxygen atoms in total. The third kappa shape index (κ3) is 6.21. The molecule has 2 heterocycles. The Balaban J connectivity index is 1.86. The summed E-state index contributed by atoms with van der Waals surface area (Å²) in [5.41, 5.74) is 2.02. The van der Waals surface area contributed by atoms with Crippen molar-refractivity contribution in [3.05, 3.63) is 47.8 Å². The van der Waals surface area contributed by atoms with Gasteiger partial charge < -0.3 is 20.4 Å². The predicted molar refractivity (Wildman–Crippen MR) is 118 cm³/mol. The second kappa shape index (κ2) is 10.6. The lowest BCUT2D eigenvalue weighted by Gasteiger charge is -2.13. The monoisotopic (exact) mass is 470 g/mol. The Morgan fingerprint density at radius 3 is 1.32 bits per heavy atom. The summed E-state index contributed by atoms with van der Waals surface area (Å²) in [4.78, 5) is 53.4. The van der Waals surface area contributed by atoms with Crippen molar-refractivity contribution in [3.8, 4) is 0 Å². The van der Waals surface area contributed by atoms with Gasteiger partial charge in [0.05, 0.1) is 35.3 Å². The first-order chi connectivity index (χ1) is 16.1. The van der Waals surface area contributed by atoms with Crippen LogP contribution in [0.3, 0.4) is 0 Å². The molecule has 2 aromatic heterocycles. The van der Waals surface area contributed by atoms with Crippen molar-refractivity contribution in [2.24, 2.45) is 0 Å². The van der Waals surface area contributed by atoms with Gasteiger partial charge in [-0.1, -0.05) is 24.3 Å². The first kappa shape index (κ1) is 24.5. The number of carboxylic acid groups (broad SMARTS) is 4. The third-order valence-electron chi connectivity index (χ3n) is 5.05. The van der Waals surface area contributed by atoms with Gasteiger partial charge in [0, 0.05) is 23.9 Å². The topological polar surface area (TPSA) is 199 Å². The number of aromatic nitrogens is 2. The molecule has 3 rings (SSSR count). The highest BCUT2D eigenvalue weighted by Crippen LogP contribution is 2.23. The van der Waals surface area contributed by atoms with Crippen LogP contribution in [0, 0.1) is 0 Å². The minimum absolute atomic E-state index is 0.0211. The molecule has 34 heavy (non-hydrogen) atoms. The molecule has 0 saturated carbocycles. The first-order valence-electron chi connectivity index (χ1n) is 10.2. The number of pyridine rings is 2. The van der Waals surface area contributed by atoms with E-state index in [1.165, 1.54) is 0 Å². The van der Waals surface area contributed by atoms with Crippen molar-refractivity contribution < 1.29 is 39.6 Å². The van der Waals surface area contributed by atoms with Gasteiger partial charge in [-0.05, 0) is 12.1 Å². The van der Waals surface area contributed by atoms with Crippen LogP contribution in [-0.4, -0.2) is 66.4 Å². The molecule has 0 unspecified atom stereocenters. The van der Waals surface area contributed by atoms with Crippen LogP contribution in [0.1, 0.15) is 24.2 Å².